The molecule has 0 radical (unpaired) electrons. The fourth-order valence-electron chi connectivity index (χ4n) is 4.11. The van der Waals surface area contributed by atoms with Gasteiger partial charge in [0, 0.05) is 29.0 Å². The molecule has 3 saturated carbocycles. The lowest BCUT2D eigenvalue weighted by Gasteiger charge is -2.70. The number of aromatic nitrogens is 1. The molecule has 28 heavy (non-hydrogen) atoms. The van der Waals surface area contributed by atoms with Crippen molar-refractivity contribution in [2.24, 2.45) is 0 Å². The van der Waals surface area contributed by atoms with Gasteiger partial charge in [-0.25, -0.2) is 4.39 Å². The van der Waals surface area contributed by atoms with Crippen LogP contribution in [-0.2, 0) is 16.0 Å². The zero-order chi connectivity index (χ0) is 19.8. The Morgan fingerprint density at radius 2 is 1.82 bits per heavy atom. The average molecular weight is 404 g/mol. The third kappa shape index (κ3) is 3.80. The van der Waals surface area contributed by atoms with Crippen LogP contribution in [-0.4, -0.2) is 34.5 Å². The molecule has 5 rings (SSSR count). The zero-order valence-electron chi connectivity index (χ0n) is 15.0. The van der Waals surface area contributed by atoms with Crippen molar-refractivity contribution in [1.82, 2.24) is 15.6 Å². The maximum absolute atomic E-state index is 13.4. The van der Waals surface area contributed by atoms with Crippen LogP contribution in [0.25, 0.3) is 0 Å². The molecule has 3 aliphatic carbocycles. The second-order valence-corrected chi connectivity index (χ2v) is 7.96. The number of benzene rings is 1. The van der Waals surface area contributed by atoms with Crippen molar-refractivity contribution >= 4 is 23.4 Å². The van der Waals surface area contributed by atoms with E-state index in [-0.39, 0.29) is 46.7 Å². The van der Waals surface area contributed by atoms with Crippen molar-refractivity contribution in [2.75, 3.05) is 6.61 Å². The second-order valence-electron chi connectivity index (χ2n) is 7.55. The smallest absolute Gasteiger partial charge is 0.258 e. The summed E-state index contributed by atoms with van der Waals surface area (Å²) in [6.45, 7) is -0.206. The monoisotopic (exact) mass is 403 g/mol. The van der Waals surface area contributed by atoms with Crippen molar-refractivity contribution < 1.29 is 18.7 Å². The average Bonchev–Trinajstić information content (AvgIpc) is 2.60. The fraction of sp³-hybridized carbons (Fsp3) is 0.350. The van der Waals surface area contributed by atoms with Crippen molar-refractivity contribution in [3.8, 4) is 5.75 Å². The Balaban J connectivity index is 1.20. The molecule has 0 saturated heterocycles. The molecule has 0 spiro atoms. The highest BCUT2D eigenvalue weighted by Gasteiger charge is 2.69. The van der Waals surface area contributed by atoms with Gasteiger partial charge in [-0.15, -0.1) is 0 Å². The second kappa shape index (κ2) is 7.05. The fourth-order valence-corrected chi connectivity index (χ4v) is 4.23. The first-order chi connectivity index (χ1) is 13.4. The number of pyridine rings is 1. The maximum atomic E-state index is 13.4. The molecule has 1 aromatic carbocycles. The summed E-state index contributed by atoms with van der Waals surface area (Å²) in [5.41, 5.74) is 0.230. The summed E-state index contributed by atoms with van der Waals surface area (Å²) in [7, 11) is 0. The maximum Gasteiger partial charge on any atom is 0.258 e. The number of rotatable bonds is 7. The Bertz CT molecular complexity index is 902. The molecule has 2 aromatic rings. The van der Waals surface area contributed by atoms with E-state index in [1.54, 1.807) is 6.20 Å². The molecule has 1 aromatic heterocycles. The molecule has 3 fully saturated rings. The van der Waals surface area contributed by atoms with Crippen LogP contribution >= 0.6 is 11.6 Å². The van der Waals surface area contributed by atoms with E-state index in [0.29, 0.717) is 19.3 Å². The van der Waals surface area contributed by atoms with Crippen LogP contribution in [0.1, 0.15) is 25.0 Å². The number of carbonyl (C=O) groups is 2. The number of ether oxygens (including phenoxy) is 1. The van der Waals surface area contributed by atoms with E-state index in [9.17, 15) is 14.0 Å². The topological polar surface area (TPSA) is 80.3 Å². The Morgan fingerprint density at radius 1 is 1.11 bits per heavy atom. The molecule has 0 atom stereocenters. The molecule has 2 bridgehead atoms. The summed E-state index contributed by atoms with van der Waals surface area (Å²) in [5, 5.41) is 6.02. The van der Waals surface area contributed by atoms with E-state index >= 15 is 0 Å². The molecule has 6 nitrogen and oxygen atoms in total. The molecular formula is C20H19ClFN3O3. The lowest BCUT2D eigenvalue weighted by Crippen LogP contribution is -2.84. The van der Waals surface area contributed by atoms with Gasteiger partial charge in [0.2, 0.25) is 5.91 Å². The summed E-state index contributed by atoms with van der Waals surface area (Å²) < 4.78 is 18.7. The summed E-state index contributed by atoms with van der Waals surface area (Å²) >= 11 is 5.61. The van der Waals surface area contributed by atoms with Crippen LogP contribution < -0.4 is 15.4 Å². The minimum Gasteiger partial charge on any atom is -0.484 e. The lowest BCUT2D eigenvalue weighted by molar-refractivity contribution is -0.150. The first kappa shape index (κ1) is 18.7. The Labute approximate surface area is 166 Å². The molecule has 0 unspecified atom stereocenters. The Kier molecular flexibility index (Phi) is 4.71. The van der Waals surface area contributed by atoms with E-state index in [1.807, 2.05) is 18.2 Å². The third-order valence-electron chi connectivity index (χ3n) is 5.17. The first-order valence-corrected chi connectivity index (χ1v) is 9.35. The number of carbonyl (C=O) groups excluding carboxylic acids is 2. The van der Waals surface area contributed by atoms with E-state index in [1.165, 1.54) is 12.1 Å². The molecule has 1 heterocycles. The number of nitrogens with one attached hydrogen (secondary N) is 2. The van der Waals surface area contributed by atoms with Crippen LogP contribution in [0.15, 0.2) is 42.6 Å². The van der Waals surface area contributed by atoms with Gasteiger partial charge in [-0.2, -0.15) is 0 Å². The van der Waals surface area contributed by atoms with Crippen molar-refractivity contribution in [3.63, 3.8) is 0 Å². The van der Waals surface area contributed by atoms with Gasteiger partial charge in [0.25, 0.3) is 5.91 Å². The van der Waals surface area contributed by atoms with Gasteiger partial charge in [-0.05, 0) is 43.5 Å². The van der Waals surface area contributed by atoms with Crippen LogP contribution in [0.2, 0.25) is 5.02 Å². The predicted molar refractivity (Wildman–Crippen MR) is 100 cm³/mol. The summed E-state index contributed by atoms with van der Waals surface area (Å²) in [4.78, 5) is 28.5. The molecular weight excluding hydrogens is 385 g/mol. The summed E-state index contributed by atoms with van der Waals surface area (Å²) in [6, 6.07) is 9.50. The van der Waals surface area contributed by atoms with E-state index in [0.717, 1.165) is 11.8 Å². The molecule has 8 heteroatoms. The highest BCUT2D eigenvalue weighted by Crippen LogP contribution is 2.60. The van der Waals surface area contributed by atoms with Crippen LogP contribution in [0.3, 0.4) is 0 Å². The normalized spacial score (nSPS) is 24.5. The Hall–Kier alpha value is -2.67. The molecule has 3 aliphatic rings. The van der Waals surface area contributed by atoms with Crippen molar-refractivity contribution in [3.05, 3.63) is 59.1 Å². The first-order valence-electron chi connectivity index (χ1n) is 8.97. The zero-order valence-corrected chi connectivity index (χ0v) is 15.8. The third-order valence-corrected chi connectivity index (χ3v) is 5.47. The van der Waals surface area contributed by atoms with Crippen LogP contribution in [0.4, 0.5) is 4.39 Å². The van der Waals surface area contributed by atoms with Gasteiger partial charge >= 0.3 is 0 Å². The van der Waals surface area contributed by atoms with E-state index in [4.69, 9.17) is 16.3 Å². The predicted octanol–water partition coefficient (Wildman–Crippen LogP) is 2.40. The van der Waals surface area contributed by atoms with E-state index in [2.05, 4.69) is 15.6 Å². The van der Waals surface area contributed by atoms with Crippen LogP contribution in [0, 0.1) is 5.82 Å². The number of halogens is 2. The van der Waals surface area contributed by atoms with Gasteiger partial charge < -0.3 is 15.4 Å². The lowest BCUT2D eigenvalue weighted by atomic mass is 9.44. The quantitative estimate of drug-likeness (QED) is 0.744. The van der Waals surface area contributed by atoms with E-state index < -0.39 is 5.82 Å². The summed E-state index contributed by atoms with van der Waals surface area (Å²) in [5.74, 6) is -0.690. The van der Waals surface area contributed by atoms with Gasteiger partial charge in [0.1, 0.15) is 11.6 Å². The van der Waals surface area contributed by atoms with Gasteiger partial charge in [-0.1, -0.05) is 17.7 Å². The molecule has 0 aliphatic heterocycles. The van der Waals surface area contributed by atoms with Crippen LogP contribution in [0.5, 0.6) is 5.75 Å². The van der Waals surface area contributed by atoms with Gasteiger partial charge in [0.05, 0.1) is 11.4 Å². The van der Waals surface area contributed by atoms with Crippen molar-refractivity contribution in [1.29, 1.82) is 0 Å². The van der Waals surface area contributed by atoms with Crippen molar-refractivity contribution in [2.45, 2.75) is 36.8 Å². The Morgan fingerprint density at radius 3 is 2.46 bits per heavy atom. The number of nitrogens with zero attached hydrogens (tertiary/aromatic N) is 1. The highest BCUT2D eigenvalue weighted by molar-refractivity contribution is 6.30. The SMILES string of the molecule is O=C(COc1ccc(Cl)c(F)c1)NC12CC(NC(=O)Cc3ccccn3)(C1)C2. The minimum atomic E-state index is -0.595. The molecule has 2 N–H and O–H groups in total. The summed E-state index contributed by atoms with van der Waals surface area (Å²) in [6.07, 6.45) is 4.02. The minimum absolute atomic E-state index is 0.000981. The largest absolute Gasteiger partial charge is 0.484 e. The van der Waals surface area contributed by atoms with Gasteiger partial charge in [0.15, 0.2) is 6.61 Å². The molecule has 2 amide bonds. The molecule has 146 valence electrons. The van der Waals surface area contributed by atoms with Gasteiger partial charge in [-0.3, -0.25) is 14.6 Å². The highest BCUT2D eigenvalue weighted by atomic mass is 35.5. The standard InChI is InChI=1S/C20H19ClFN3O3/c21-15-5-4-14(8-16(15)22)28-9-18(27)25-20-10-19(11-20,12-20)24-17(26)7-13-3-1-2-6-23-13/h1-6,8H,7,9-12H2,(H,24,26)(H,25,27). The number of amides is 2. The number of hydrogen-bond acceptors (Lipinski definition) is 4. The number of hydrogen-bond donors (Lipinski definition) is 2.